The number of anilines is 1. The highest BCUT2D eigenvalue weighted by atomic mass is 32.2. The number of hydrogen-bond acceptors (Lipinski definition) is 4. The summed E-state index contributed by atoms with van der Waals surface area (Å²) in [6.45, 7) is 6.02. The largest absolute Gasteiger partial charge is 0.349 e. The van der Waals surface area contributed by atoms with Gasteiger partial charge in [0.25, 0.3) is 15.9 Å². The molecule has 1 amide bonds. The van der Waals surface area contributed by atoms with Crippen LogP contribution in [0.4, 0.5) is 5.69 Å². The third-order valence-corrected chi connectivity index (χ3v) is 6.30. The number of amides is 1. The summed E-state index contributed by atoms with van der Waals surface area (Å²) < 4.78 is 27.0. The number of carbonyl (C=O) groups excluding carboxylic acids is 1. The van der Waals surface area contributed by atoms with E-state index in [0.29, 0.717) is 17.2 Å². The van der Waals surface area contributed by atoms with Crippen molar-refractivity contribution in [1.29, 1.82) is 0 Å². The Hall–Kier alpha value is -1.86. The lowest BCUT2D eigenvalue weighted by atomic mass is 10.1. The van der Waals surface area contributed by atoms with Crippen molar-refractivity contribution >= 4 is 33.0 Å². The van der Waals surface area contributed by atoms with Gasteiger partial charge in [0.15, 0.2) is 0 Å². The van der Waals surface area contributed by atoms with Crippen LogP contribution in [0.15, 0.2) is 46.0 Å². The van der Waals surface area contributed by atoms with E-state index in [-0.39, 0.29) is 16.2 Å². The number of hydrogen-bond donors (Lipinski definition) is 2. The van der Waals surface area contributed by atoms with Gasteiger partial charge in [-0.2, -0.15) is 0 Å². The third-order valence-electron chi connectivity index (χ3n) is 3.52. The Bertz CT molecular complexity index is 751. The van der Waals surface area contributed by atoms with Gasteiger partial charge in [-0.25, -0.2) is 8.42 Å². The second-order valence-electron chi connectivity index (χ2n) is 5.62. The van der Waals surface area contributed by atoms with E-state index in [1.54, 1.807) is 41.8 Å². The topological polar surface area (TPSA) is 75.3 Å². The number of nitrogens with one attached hydrogen (secondary N) is 2. The first-order valence-electron chi connectivity index (χ1n) is 7.27. The van der Waals surface area contributed by atoms with Crippen molar-refractivity contribution in [3.63, 3.8) is 0 Å². The standard InChI is InChI=1S/C16H20N2O3S2/c1-11(2)12(3)17-16(19)13-6-8-14(9-7-13)18-23(20,21)15-5-4-10-22-15/h4-12,18H,1-3H3,(H,17,19)/t12-/m1/s1. The van der Waals surface area contributed by atoms with Gasteiger partial charge in [-0.15, -0.1) is 11.3 Å². The van der Waals surface area contributed by atoms with E-state index < -0.39 is 10.0 Å². The second-order valence-corrected chi connectivity index (χ2v) is 8.48. The van der Waals surface area contributed by atoms with E-state index in [2.05, 4.69) is 10.0 Å². The van der Waals surface area contributed by atoms with Gasteiger partial charge in [-0.05, 0) is 48.6 Å². The quantitative estimate of drug-likeness (QED) is 0.837. The molecule has 124 valence electrons. The Morgan fingerprint density at radius 1 is 1.09 bits per heavy atom. The summed E-state index contributed by atoms with van der Waals surface area (Å²) in [5, 5.41) is 4.62. The highest BCUT2D eigenvalue weighted by Crippen LogP contribution is 2.20. The van der Waals surface area contributed by atoms with Crippen molar-refractivity contribution in [3.05, 3.63) is 47.3 Å². The van der Waals surface area contributed by atoms with E-state index in [9.17, 15) is 13.2 Å². The maximum absolute atomic E-state index is 12.1. The first kappa shape index (κ1) is 17.5. The van der Waals surface area contributed by atoms with Crippen LogP contribution < -0.4 is 10.0 Å². The van der Waals surface area contributed by atoms with Crippen LogP contribution in [0.3, 0.4) is 0 Å². The van der Waals surface area contributed by atoms with E-state index in [1.807, 2.05) is 20.8 Å². The maximum Gasteiger partial charge on any atom is 0.271 e. The van der Waals surface area contributed by atoms with Gasteiger partial charge < -0.3 is 5.32 Å². The molecular weight excluding hydrogens is 332 g/mol. The highest BCUT2D eigenvalue weighted by molar-refractivity contribution is 7.94. The molecule has 0 aliphatic heterocycles. The number of rotatable bonds is 6. The van der Waals surface area contributed by atoms with Crippen molar-refractivity contribution in [2.24, 2.45) is 5.92 Å². The van der Waals surface area contributed by atoms with E-state index in [1.165, 1.54) is 0 Å². The normalized spacial score (nSPS) is 12.9. The summed E-state index contributed by atoms with van der Waals surface area (Å²) >= 11 is 1.15. The van der Waals surface area contributed by atoms with E-state index in [4.69, 9.17) is 0 Å². The average Bonchev–Trinajstić information content (AvgIpc) is 3.02. The van der Waals surface area contributed by atoms with Gasteiger partial charge in [-0.3, -0.25) is 9.52 Å². The SMILES string of the molecule is CC(C)[C@@H](C)NC(=O)c1ccc(NS(=O)(=O)c2cccs2)cc1. The van der Waals surface area contributed by atoms with Crippen LogP contribution >= 0.6 is 11.3 Å². The minimum Gasteiger partial charge on any atom is -0.349 e. The molecule has 2 aromatic rings. The fraction of sp³-hybridized carbons (Fsp3) is 0.312. The zero-order valence-corrected chi connectivity index (χ0v) is 14.9. The monoisotopic (exact) mass is 352 g/mol. The third kappa shape index (κ3) is 4.56. The number of benzene rings is 1. The Labute approximate surface area is 140 Å². The molecule has 23 heavy (non-hydrogen) atoms. The minimum atomic E-state index is -3.57. The lowest BCUT2D eigenvalue weighted by Crippen LogP contribution is -2.36. The molecule has 1 atom stereocenters. The van der Waals surface area contributed by atoms with Gasteiger partial charge in [-0.1, -0.05) is 19.9 Å². The fourth-order valence-corrected chi connectivity index (χ4v) is 3.82. The van der Waals surface area contributed by atoms with Gasteiger partial charge >= 0.3 is 0 Å². The average molecular weight is 352 g/mol. The molecule has 1 aromatic heterocycles. The zero-order valence-electron chi connectivity index (χ0n) is 13.2. The lowest BCUT2D eigenvalue weighted by molar-refractivity contribution is 0.0930. The lowest BCUT2D eigenvalue weighted by Gasteiger charge is -2.17. The van der Waals surface area contributed by atoms with Crippen LogP contribution in [-0.4, -0.2) is 20.4 Å². The molecule has 2 N–H and O–H groups in total. The van der Waals surface area contributed by atoms with Crippen molar-refractivity contribution in [2.75, 3.05) is 4.72 Å². The molecule has 1 aromatic carbocycles. The van der Waals surface area contributed by atoms with Crippen LogP contribution in [0.25, 0.3) is 0 Å². The second kappa shape index (κ2) is 7.14. The van der Waals surface area contributed by atoms with Crippen LogP contribution in [-0.2, 0) is 10.0 Å². The Balaban J connectivity index is 2.07. The molecule has 5 nitrogen and oxygen atoms in total. The van der Waals surface area contributed by atoms with Crippen molar-refractivity contribution in [1.82, 2.24) is 5.32 Å². The molecule has 0 radical (unpaired) electrons. The molecule has 0 unspecified atom stereocenters. The Morgan fingerprint density at radius 3 is 2.26 bits per heavy atom. The van der Waals surface area contributed by atoms with Gasteiger partial charge in [0, 0.05) is 17.3 Å². The summed E-state index contributed by atoms with van der Waals surface area (Å²) in [5.41, 5.74) is 0.920. The van der Waals surface area contributed by atoms with Crippen molar-refractivity contribution in [3.8, 4) is 0 Å². The smallest absolute Gasteiger partial charge is 0.271 e. The molecule has 0 aliphatic rings. The first-order chi connectivity index (χ1) is 10.8. The summed E-state index contributed by atoms with van der Waals surface area (Å²) in [4.78, 5) is 12.1. The van der Waals surface area contributed by atoms with Crippen LogP contribution in [0.1, 0.15) is 31.1 Å². The van der Waals surface area contributed by atoms with Gasteiger partial charge in [0.05, 0.1) is 0 Å². The number of thiophene rings is 1. The predicted octanol–water partition coefficient (Wildman–Crippen LogP) is 3.32. The summed E-state index contributed by atoms with van der Waals surface area (Å²) in [5.74, 6) is 0.176. The number of carbonyl (C=O) groups is 1. The van der Waals surface area contributed by atoms with Crippen molar-refractivity contribution in [2.45, 2.75) is 31.0 Å². The Kier molecular flexibility index (Phi) is 5.43. The minimum absolute atomic E-state index is 0.0690. The van der Waals surface area contributed by atoms with Crippen LogP contribution in [0.2, 0.25) is 0 Å². The fourth-order valence-electron chi connectivity index (χ4n) is 1.77. The molecule has 1 heterocycles. The van der Waals surface area contributed by atoms with Gasteiger partial charge in [0.2, 0.25) is 0 Å². The first-order valence-corrected chi connectivity index (χ1v) is 9.63. The molecule has 7 heteroatoms. The number of sulfonamides is 1. The molecule has 0 saturated heterocycles. The van der Waals surface area contributed by atoms with Crippen LogP contribution in [0, 0.1) is 5.92 Å². The van der Waals surface area contributed by atoms with Crippen molar-refractivity contribution < 1.29 is 13.2 Å². The van der Waals surface area contributed by atoms with E-state index in [0.717, 1.165) is 11.3 Å². The molecule has 0 saturated carbocycles. The zero-order chi connectivity index (χ0) is 17.0. The predicted molar refractivity (Wildman–Crippen MR) is 93.3 cm³/mol. The molecule has 0 aliphatic carbocycles. The van der Waals surface area contributed by atoms with E-state index >= 15 is 0 Å². The molecule has 2 rings (SSSR count). The molecular formula is C16H20N2O3S2. The summed E-state index contributed by atoms with van der Waals surface area (Å²) in [7, 11) is -3.57. The molecule has 0 bridgehead atoms. The highest BCUT2D eigenvalue weighted by Gasteiger charge is 2.16. The van der Waals surface area contributed by atoms with Gasteiger partial charge in [0.1, 0.15) is 4.21 Å². The summed E-state index contributed by atoms with van der Waals surface area (Å²) in [6, 6.07) is 9.67. The Morgan fingerprint density at radius 2 is 1.74 bits per heavy atom. The maximum atomic E-state index is 12.1. The molecule has 0 spiro atoms. The molecule has 0 fully saturated rings. The summed E-state index contributed by atoms with van der Waals surface area (Å²) in [6.07, 6.45) is 0. The van der Waals surface area contributed by atoms with Crippen LogP contribution in [0.5, 0.6) is 0 Å².